The maximum absolute atomic E-state index is 11.9. The summed E-state index contributed by atoms with van der Waals surface area (Å²) >= 11 is 6.46. The second-order valence-corrected chi connectivity index (χ2v) is 6.75. The molecule has 1 atom stereocenters. The third-order valence-corrected chi connectivity index (χ3v) is 4.50. The molecule has 1 aromatic carbocycles. The highest BCUT2D eigenvalue weighted by atomic mass is 32.1. The van der Waals surface area contributed by atoms with Crippen LogP contribution in [0.5, 0.6) is 0 Å². The van der Waals surface area contributed by atoms with Crippen molar-refractivity contribution in [2.24, 2.45) is 0 Å². The molecule has 0 radical (unpaired) electrons. The zero-order valence-electron chi connectivity index (χ0n) is 12.0. The zero-order chi connectivity index (χ0) is 15.4. The van der Waals surface area contributed by atoms with Crippen molar-refractivity contribution in [3.63, 3.8) is 0 Å². The number of thiazole rings is 1. The molecule has 21 heavy (non-hydrogen) atoms. The van der Waals surface area contributed by atoms with Gasteiger partial charge in [-0.2, -0.15) is 0 Å². The Hall–Kier alpha value is -1.50. The van der Waals surface area contributed by atoms with Crippen molar-refractivity contribution in [3.8, 4) is 0 Å². The number of hydrogen-bond acceptors (Lipinski definition) is 4. The average Bonchev–Trinajstić information content (AvgIpc) is 2.74. The van der Waals surface area contributed by atoms with Gasteiger partial charge in [0.05, 0.1) is 12.5 Å². The second-order valence-electron chi connectivity index (χ2n) is 4.97. The van der Waals surface area contributed by atoms with Gasteiger partial charge in [0.2, 0.25) is 5.91 Å². The molecule has 1 aromatic heterocycles. The largest absolute Gasteiger partial charge is 0.387 e. The molecule has 6 heteroatoms. The molecule has 1 unspecified atom stereocenters. The van der Waals surface area contributed by atoms with E-state index in [0.717, 1.165) is 21.7 Å². The fraction of sp³-hybridized carbons (Fsp3) is 0.333. The Kier molecular flexibility index (Phi) is 5.27. The Bertz CT molecular complexity index is 691. The van der Waals surface area contributed by atoms with Crippen LogP contribution in [0.1, 0.15) is 27.8 Å². The predicted octanol–water partition coefficient (Wildman–Crippen LogP) is 2.81. The topological polar surface area (TPSA) is 65.1 Å². The lowest BCUT2D eigenvalue weighted by molar-refractivity contribution is -0.120. The van der Waals surface area contributed by atoms with Crippen LogP contribution in [-0.2, 0) is 11.2 Å². The van der Waals surface area contributed by atoms with Crippen molar-refractivity contribution in [2.45, 2.75) is 26.4 Å². The third kappa shape index (κ3) is 4.49. The van der Waals surface area contributed by atoms with Gasteiger partial charge in [-0.15, -0.1) is 11.3 Å². The van der Waals surface area contributed by atoms with Crippen LogP contribution in [0.3, 0.4) is 0 Å². The lowest BCUT2D eigenvalue weighted by atomic mass is 10.1. The van der Waals surface area contributed by atoms with Crippen LogP contribution in [-0.4, -0.2) is 22.5 Å². The molecule has 0 aliphatic heterocycles. The highest BCUT2D eigenvalue weighted by Gasteiger charge is 2.12. The number of carbonyl (C=O) groups is 1. The summed E-state index contributed by atoms with van der Waals surface area (Å²) in [5.41, 5.74) is 2.82. The molecule has 0 fully saturated rings. The van der Waals surface area contributed by atoms with Crippen LogP contribution in [0.15, 0.2) is 24.3 Å². The summed E-state index contributed by atoms with van der Waals surface area (Å²) in [4.78, 5) is 15.9. The van der Waals surface area contributed by atoms with E-state index in [1.54, 1.807) is 0 Å². The highest BCUT2D eigenvalue weighted by molar-refractivity contribution is 7.73. The monoisotopic (exact) mass is 322 g/mol. The Labute approximate surface area is 132 Å². The maximum atomic E-state index is 11.9. The number of aromatic nitrogens is 1. The molecule has 2 aromatic rings. The van der Waals surface area contributed by atoms with E-state index < -0.39 is 6.10 Å². The molecule has 2 rings (SSSR count). The SMILES string of the molecule is Cc1cccc(C(O)CNC(=O)Cc2sc(=S)[nH]c2C)c1. The summed E-state index contributed by atoms with van der Waals surface area (Å²) in [7, 11) is 0. The average molecular weight is 322 g/mol. The zero-order valence-corrected chi connectivity index (χ0v) is 13.6. The number of rotatable bonds is 5. The minimum absolute atomic E-state index is 0.116. The lowest BCUT2D eigenvalue weighted by Crippen LogP contribution is -2.29. The molecule has 0 bridgehead atoms. The van der Waals surface area contributed by atoms with E-state index in [2.05, 4.69) is 10.3 Å². The van der Waals surface area contributed by atoms with Gasteiger partial charge in [0.25, 0.3) is 0 Å². The highest BCUT2D eigenvalue weighted by Crippen LogP contribution is 2.16. The summed E-state index contributed by atoms with van der Waals surface area (Å²) in [5, 5.41) is 12.8. The minimum Gasteiger partial charge on any atom is -0.387 e. The van der Waals surface area contributed by atoms with Crippen molar-refractivity contribution in [3.05, 3.63) is 49.9 Å². The van der Waals surface area contributed by atoms with Gasteiger partial charge in [0.1, 0.15) is 0 Å². The minimum atomic E-state index is -0.695. The van der Waals surface area contributed by atoms with Crippen LogP contribution >= 0.6 is 23.6 Å². The molecule has 0 aliphatic rings. The molecule has 112 valence electrons. The Balaban J connectivity index is 1.89. The van der Waals surface area contributed by atoms with Gasteiger partial charge in [-0.3, -0.25) is 4.79 Å². The van der Waals surface area contributed by atoms with Crippen molar-refractivity contribution in [2.75, 3.05) is 6.54 Å². The first-order valence-electron chi connectivity index (χ1n) is 6.65. The number of aliphatic hydroxyl groups is 1. The molecule has 0 saturated carbocycles. The van der Waals surface area contributed by atoms with Crippen LogP contribution in [0, 0.1) is 17.8 Å². The van der Waals surface area contributed by atoms with Crippen molar-refractivity contribution in [1.82, 2.24) is 10.3 Å². The van der Waals surface area contributed by atoms with Gasteiger partial charge in [-0.25, -0.2) is 0 Å². The number of hydrogen-bond donors (Lipinski definition) is 3. The Morgan fingerprint density at radius 1 is 1.48 bits per heavy atom. The van der Waals surface area contributed by atoms with Crippen molar-refractivity contribution < 1.29 is 9.90 Å². The number of benzene rings is 1. The number of aliphatic hydroxyl groups excluding tert-OH is 1. The summed E-state index contributed by atoms with van der Waals surface area (Å²) in [5.74, 6) is -0.116. The standard InChI is InChI=1S/C15H18N2O2S2/c1-9-4-3-5-11(6-9)12(18)8-16-14(19)7-13-10(2)17-15(20)21-13/h3-6,12,18H,7-8H2,1-2H3,(H,16,19)(H,17,20). The van der Waals surface area contributed by atoms with Gasteiger partial charge in [0, 0.05) is 17.1 Å². The summed E-state index contributed by atoms with van der Waals surface area (Å²) < 4.78 is 0.676. The Morgan fingerprint density at radius 2 is 2.24 bits per heavy atom. The van der Waals surface area contributed by atoms with E-state index in [9.17, 15) is 9.90 Å². The van der Waals surface area contributed by atoms with Gasteiger partial charge < -0.3 is 15.4 Å². The van der Waals surface area contributed by atoms with Gasteiger partial charge in [0.15, 0.2) is 3.95 Å². The molecular formula is C15H18N2O2S2. The number of aryl methyl sites for hydroxylation is 2. The number of carbonyl (C=O) groups excluding carboxylic acids is 1. The van der Waals surface area contributed by atoms with E-state index in [-0.39, 0.29) is 18.9 Å². The summed E-state index contributed by atoms with van der Waals surface area (Å²) in [6, 6.07) is 7.63. The first-order valence-corrected chi connectivity index (χ1v) is 7.88. The Morgan fingerprint density at radius 3 is 2.86 bits per heavy atom. The fourth-order valence-corrected chi connectivity index (χ4v) is 3.31. The van der Waals surface area contributed by atoms with E-state index >= 15 is 0 Å². The van der Waals surface area contributed by atoms with Crippen LogP contribution in [0.25, 0.3) is 0 Å². The van der Waals surface area contributed by atoms with E-state index in [4.69, 9.17) is 12.2 Å². The number of H-pyrrole nitrogens is 1. The van der Waals surface area contributed by atoms with E-state index in [1.807, 2.05) is 38.1 Å². The number of amides is 1. The maximum Gasteiger partial charge on any atom is 0.225 e. The lowest BCUT2D eigenvalue weighted by Gasteiger charge is -2.12. The summed E-state index contributed by atoms with van der Waals surface area (Å²) in [6.45, 7) is 4.07. The van der Waals surface area contributed by atoms with Gasteiger partial charge in [-0.05, 0) is 31.6 Å². The molecule has 0 saturated heterocycles. The molecule has 0 spiro atoms. The van der Waals surface area contributed by atoms with Crippen molar-refractivity contribution >= 4 is 29.5 Å². The second kappa shape index (κ2) is 6.98. The first-order chi connectivity index (χ1) is 9.95. The van der Waals surface area contributed by atoms with E-state index in [0.29, 0.717) is 3.95 Å². The number of nitrogens with one attached hydrogen (secondary N) is 2. The quantitative estimate of drug-likeness (QED) is 0.742. The molecule has 4 nitrogen and oxygen atoms in total. The molecule has 0 aliphatic carbocycles. The molecule has 1 amide bonds. The normalized spacial score (nSPS) is 12.1. The third-order valence-electron chi connectivity index (χ3n) is 3.16. The van der Waals surface area contributed by atoms with Gasteiger partial charge >= 0.3 is 0 Å². The van der Waals surface area contributed by atoms with Crippen LogP contribution < -0.4 is 5.32 Å². The smallest absolute Gasteiger partial charge is 0.225 e. The van der Waals surface area contributed by atoms with Crippen molar-refractivity contribution in [1.29, 1.82) is 0 Å². The fourth-order valence-electron chi connectivity index (χ4n) is 2.02. The van der Waals surface area contributed by atoms with Crippen LogP contribution in [0.2, 0.25) is 0 Å². The first kappa shape index (κ1) is 15.9. The van der Waals surface area contributed by atoms with Crippen LogP contribution in [0.4, 0.5) is 0 Å². The predicted molar refractivity (Wildman–Crippen MR) is 87.1 cm³/mol. The molecule has 3 N–H and O–H groups in total. The van der Waals surface area contributed by atoms with Gasteiger partial charge in [-0.1, -0.05) is 29.8 Å². The molecule has 1 heterocycles. The number of aromatic amines is 1. The van der Waals surface area contributed by atoms with E-state index in [1.165, 1.54) is 11.3 Å². The molecular weight excluding hydrogens is 304 g/mol. The summed E-state index contributed by atoms with van der Waals surface area (Å²) in [6.07, 6.45) is -0.413.